The molecule has 0 atom stereocenters. The first-order valence-electron chi connectivity index (χ1n) is 9.02. The Morgan fingerprint density at radius 3 is 2.15 bits per heavy atom. The van der Waals surface area contributed by atoms with Crippen LogP contribution in [-0.2, 0) is 12.8 Å². The topological polar surface area (TPSA) is 0 Å². The molecule has 0 unspecified atom stereocenters. The van der Waals surface area contributed by atoms with Crippen LogP contribution in [0.5, 0.6) is 0 Å². The minimum absolute atomic E-state index is 0.153. The Labute approximate surface area is 175 Å². The van der Waals surface area contributed by atoms with E-state index >= 15 is 0 Å². The fourth-order valence-electron chi connectivity index (χ4n) is 3.68. The Kier molecular flexibility index (Phi) is 4.80. The second kappa shape index (κ2) is 7.42. The number of halogens is 1. The number of rotatable bonds is 4. The molecule has 0 nitrogen and oxygen atoms in total. The van der Waals surface area contributed by atoms with Crippen LogP contribution in [0, 0.1) is 5.82 Å². The van der Waals surface area contributed by atoms with Gasteiger partial charge >= 0.3 is 176 Å². The average molecular weight is 531 g/mol. The average Bonchev–Trinajstić information content (AvgIpc) is 3.12. The maximum absolute atomic E-state index is 13.3. The summed E-state index contributed by atoms with van der Waals surface area (Å²) in [4.78, 5) is 0. The first-order valence-corrected chi connectivity index (χ1v) is 13.1. The number of hydrogen-bond acceptors (Lipinski definition) is 0. The van der Waals surface area contributed by atoms with Gasteiger partial charge in [-0.25, -0.2) is 0 Å². The molecule has 0 N–H and O–H groups in total. The van der Waals surface area contributed by atoms with Crippen molar-refractivity contribution < 1.29 is 4.39 Å². The number of hydrogen-bond donors (Lipinski definition) is 0. The van der Waals surface area contributed by atoms with Crippen molar-refractivity contribution >= 4 is 62.8 Å². The van der Waals surface area contributed by atoms with E-state index in [1.54, 1.807) is 12.1 Å². The van der Waals surface area contributed by atoms with Crippen molar-refractivity contribution in [2.45, 2.75) is 12.8 Å². The molecule has 132 valence electrons. The zero-order chi connectivity index (χ0) is 18.2. The van der Waals surface area contributed by atoms with Crippen LogP contribution in [0.2, 0.25) is 0 Å². The van der Waals surface area contributed by atoms with E-state index in [0.717, 1.165) is 12.8 Å². The van der Waals surface area contributed by atoms with Gasteiger partial charge in [-0.15, -0.1) is 0 Å². The first-order chi connectivity index (χ1) is 13.3. The van der Waals surface area contributed by atoms with E-state index in [2.05, 4.69) is 54.6 Å². The van der Waals surface area contributed by atoms with E-state index in [1.165, 1.54) is 38.0 Å². The van der Waals surface area contributed by atoms with E-state index in [-0.39, 0.29) is 5.82 Å². The molecule has 4 aromatic carbocycles. The third-order valence-corrected chi connectivity index (χ3v) is 10.2. The maximum atomic E-state index is 13.3. The molecule has 3 heteroatoms. The van der Waals surface area contributed by atoms with Gasteiger partial charge in [0, 0.05) is 0 Å². The third-order valence-electron chi connectivity index (χ3n) is 4.93. The monoisotopic (exact) mass is 534 g/mol. The summed E-state index contributed by atoms with van der Waals surface area (Å²) >= 11 is -0.251. The predicted octanol–water partition coefficient (Wildman–Crippen LogP) is 2.39. The molecule has 0 fully saturated rings. The molecule has 0 bridgehead atoms. The van der Waals surface area contributed by atoms with Crippen molar-refractivity contribution in [3.63, 3.8) is 0 Å². The molecule has 0 saturated heterocycles. The summed E-state index contributed by atoms with van der Waals surface area (Å²) in [5, 5.41) is 3.01. The summed E-state index contributed by atoms with van der Waals surface area (Å²) in [5.41, 5.74) is 3.00. The Morgan fingerprint density at radius 1 is 0.704 bits per heavy atom. The van der Waals surface area contributed by atoms with Crippen LogP contribution in [0.1, 0.15) is 11.1 Å². The molecule has 1 aliphatic carbocycles. The van der Waals surface area contributed by atoms with Crippen molar-refractivity contribution in [1.82, 2.24) is 0 Å². The van der Waals surface area contributed by atoms with Crippen molar-refractivity contribution in [3.8, 4) is 0 Å². The normalized spacial score (nSPS) is 12.6. The summed E-state index contributed by atoms with van der Waals surface area (Å²) < 4.78 is 19.0. The minimum atomic E-state index is -0.548. The molecule has 0 heterocycles. The molecule has 0 saturated carbocycles. The van der Waals surface area contributed by atoms with E-state index in [9.17, 15) is 4.39 Å². The van der Waals surface area contributed by atoms with E-state index in [4.69, 9.17) is 0 Å². The van der Waals surface area contributed by atoms with Crippen LogP contribution in [0.25, 0.3) is 10.8 Å². The molecule has 1 aliphatic rings. The van der Waals surface area contributed by atoms with Crippen LogP contribution >= 0.6 is 0 Å². The van der Waals surface area contributed by atoms with Gasteiger partial charge in [0.1, 0.15) is 0 Å². The summed E-state index contributed by atoms with van der Waals surface area (Å²) in [6.07, 6.45) is 2.32. The van der Waals surface area contributed by atoms with Crippen LogP contribution in [0.15, 0.2) is 78.9 Å². The third kappa shape index (κ3) is 3.46. The molecule has 27 heavy (non-hydrogen) atoms. The Hall–Kier alpha value is -1.62. The SMILES string of the molecule is Fc1ccc([Te]c2ccc3c4c(ccc([Se]c5ccccc5)c24)CC3)cc1. The van der Waals surface area contributed by atoms with Gasteiger partial charge in [-0.05, 0) is 0 Å². The molecule has 0 spiro atoms. The van der Waals surface area contributed by atoms with E-state index in [0.29, 0.717) is 15.0 Å². The van der Waals surface area contributed by atoms with Crippen LogP contribution in [-0.4, -0.2) is 35.9 Å². The van der Waals surface area contributed by atoms with Gasteiger partial charge in [-0.1, -0.05) is 0 Å². The van der Waals surface area contributed by atoms with Crippen molar-refractivity contribution in [2.75, 3.05) is 0 Å². The summed E-state index contributed by atoms with van der Waals surface area (Å²) in [5.74, 6) is -0.153. The van der Waals surface area contributed by atoms with Gasteiger partial charge in [0.15, 0.2) is 0 Å². The molecular formula is C24H17FSeTe. The van der Waals surface area contributed by atoms with Crippen molar-refractivity contribution in [1.29, 1.82) is 0 Å². The summed E-state index contributed by atoms with van der Waals surface area (Å²) in [6.45, 7) is 0. The summed E-state index contributed by atoms with van der Waals surface area (Å²) in [7, 11) is 0. The quantitative estimate of drug-likeness (QED) is 0.356. The molecular weight excluding hydrogens is 514 g/mol. The second-order valence-electron chi connectivity index (χ2n) is 6.67. The molecule has 5 rings (SSSR count). The fraction of sp³-hybridized carbons (Fsp3) is 0.0833. The fourth-order valence-corrected chi connectivity index (χ4v) is 9.01. The Bertz CT molecular complexity index is 1110. The molecule has 0 radical (unpaired) electrons. The summed E-state index contributed by atoms with van der Waals surface area (Å²) in [6, 6.07) is 27.3. The van der Waals surface area contributed by atoms with Crippen LogP contribution < -0.4 is 16.1 Å². The molecule has 0 aliphatic heterocycles. The standard InChI is InChI=1S/C24H17FSeTe/c25-18-10-12-20(13-11-18)27-22-15-9-17-7-6-16-8-14-21(24(22)23(16)17)26-19-4-2-1-3-5-19/h1-5,8-15H,6-7H2. The van der Waals surface area contributed by atoms with Crippen LogP contribution in [0.3, 0.4) is 0 Å². The van der Waals surface area contributed by atoms with Crippen molar-refractivity contribution in [3.05, 3.63) is 95.8 Å². The van der Waals surface area contributed by atoms with E-state index in [1.807, 2.05) is 12.1 Å². The van der Waals surface area contributed by atoms with Gasteiger partial charge in [0.2, 0.25) is 0 Å². The molecule has 4 aromatic rings. The first kappa shape index (κ1) is 17.5. The predicted molar refractivity (Wildman–Crippen MR) is 114 cm³/mol. The van der Waals surface area contributed by atoms with Gasteiger partial charge in [-0.3, -0.25) is 0 Å². The van der Waals surface area contributed by atoms with Gasteiger partial charge in [0.25, 0.3) is 0 Å². The van der Waals surface area contributed by atoms with Gasteiger partial charge in [-0.2, -0.15) is 0 Å². The van der Waals surface area contributed by atoms with Gasteiger partial charge in [0.05, 0.1) is 0 Å². The van der Waals surface area contributed by atoms with E-state index < -0.39 is 20.9 Å². The zero-order valence-corrected chi connectivity index (χ0v) is 18.7. The number of aryl methyl sites for hydroxylation is 2. The van der Waals surface area contributed by atoms with Crippen molar-refractivity contribution in [2.24, 2.45) is 0 Å². The second-order valence-corrected chi connectivity index (χ2v) is 12.2. The number of benzene rings is 4. The Balaban J connectivity index is 1.65. The van der Waals surface area contributed by atoms with Crippen LogP contribution in [0.4, 0.5) is 4.39 Å². The molecule has 0 amide bonds. The van der Waals surface area contributed by atoms with Gasteiger partial charge < -0.3 is 0 Å². The zero-order valence-electron chi connectivity index (χ0n) is 14.6. The Morgan fingerprint density at radius 2 is 1.41 bits per heavy atom. The molecule has 0 aromatic heterocycles.